The zero-order chi connectivity index (χ0) is 12.1. The van der Waals surface area contributed by atoms with Gasteiger partial charge in [-0.3, -0.25) is 0 Å². The van der Waals surface area contributed by atoms with E-state index in [4.69, 9.17) is 11.6 Å². The summed E-state index contributed by atoms with van der Waals surface area (Å²) in [5, 5.41) is 3.73. The van der Waals surface area contributed by atoms with Gasteiger partial charge >= 0.3 is 0 Å². The number of hydrogen-bond donors (Lipinski definition) is 1. The normalized spacial score (nSPS) is 10.5. The minimum atomic E-state index is -0.304. The lowest BCUT2D eigenvalue weighted by atomic mass is 10.2. The van der Waals surface area contributed by atoms with Crippen LogP contribution in [0.3, 0.4) is 0 Å². The van der Waals surface area contributed by atoms with Crippen LogP contribution in [0.4, 0.5) is 4.39 Å². The van der Waals surface area contributed by atoms with E-state index in [2.05, 4.69) is 17.4 Å². The second-order valence-electron chi connectivity index (χ2n) is 3.82. The lowest BCUT2D eigenvalue weighted by Crippen LogP contribution is -2.12. The molecule has 2 rings (SSSR count). The van der Waals surface area contributed by atoms with E-state index in [-0.39, 0.29) is 5.82 Å². The number of hydrogen-bond acceptors (Lipinski definition) is 1. The minimum absolute atomic E-state index is 0.304. The Labute approximate surface area is 105 Å². The molecule has 0 radical (unpaired) electrons. The SMILES string of the molecule is Fc1ccc(CNCc2ccccc2)c(Cl)c1. The first-order chi connectivity index (χ1) is 8.25. The summed E-state index contributed by atoms with van der Waals surface area (Å²) >= 11 is 5.93. The molecule has 88 valence electrons. The molecule has 0 saturated heterocycles. The fourth-order valence-corrected chi connectivity index (χ4v) is 1.84. The first-order valence-electron chi connectivity index (χ1n) is 5.44. The van der Waals surface area contributed by atoms with Crippen LogP contribution in [0.25, 0.3) is 0 Å². The Morgan fingerprint density at radius 3 is 2.47 bits per heavy atom. The molecule has 0 heterocycles. The highest BCUT2D eigenvalue weighted by molar-refractivity contribution is 6.31. The van der Waals surface area contributed by atoms with Gasteiger partial charge in [0.1, 0.15) is 5.82 Å². The Bertz CT molecular complexity index is 485. The van der Waals surface area contributed by atoms with Gasteiger partial charge in [0.25, 0.3) is 0 Å². The number of nitrogens with one attached hydrogen (secondary N) is 1. The van der Waals surface area contributed by atoms with Crippen LogP contribution in [-0.4, -0.2) is 0 Å². The first kappa shape index (κ1) is 12.1. The summed E-state index contributed by atoms with van der Waals surface area (Å²) in [6.45, 7) is 1.41. The Morgan fingerprint density at radius 2 is 1.76 bits per heavy atom. The molecule has 0 aliphatic heterocycles. The molecule has 17 heavy (non-hydrogen) atoms. The molecule has 2 aromatic rings. The third-order valence-corrected chi connectivity index (χ3v) is 2.85. The predicted molar refractivity (Wildman–Crippen MR) is 68.4 cm³/mol. The molecule has 0 atom stereocenters. The fourth-order valence-electron chi connectivity index (χ4n) is 1.60. The number of rotatable bonds is 4. The molecule has 0 aliphatic rings. The Morgan fingerprint density at radius 1 is 1.00 bits per heavy atom. The van der Waals surface area contributed by atoms with Gasteiger partial charge in [-0.05, 0) is 23.3 Å². The van der Waals surface area contributed by atoms with E-state index < -0.39 is 0 Å². The van der Waals surface area contributed by atoms with Gasteiger partial charge in [-0.25, -0.2) is 4.39 Å². The molecule has 0 fully saturated rings. The van der Waals surface area contributed by atoms with Gasteiger partial charge in [0.15, 0.2) is 0 Å². The highest BCUT2D eigenvalue weighted by Crippen LogP contribution is 2.16. The predicted octanol–water partition coefficient (Wildman–Crippen LogP) is 3.77. The van der Waals surface area contributed by atoms with E-state index >= 15 is 0 Å². The maximum Gasteiger partial charge on any atom is 0.124 e. The van der Waals surface area contributed by atoms with E-state index in [1.807, 2.05) is 18.2 Å². The van der Waals surface area contributed by atoms with Crippen molar-refractivity contribution in [3.8, 4) is 0 Å². The molecular formula is C14H13ClFN. The Kier molecular flexibility index (Phi) is 4.13. The molecule has 0 unspecified atom stereocenters. The maximum atomic E-state index is 12.8. The molecule has 1 nitrogen and oxygen atoms in total. The van der Waals surface area contributed by atoms with E-state index in [0.717, 1.165) is 12.1 Å². The molecule has 0 spiro atoms. The van der Waals surface area contributed by atoms with Gasteiger partial charge < -0.3 is 5.32 Å². The van der Waals surface area contributed by atoms with Crippen LogP contribution in [0.1, 0.15) is 11.1 Å². The Hall–Kier alpha value is -1.38. The van der Waals surface area contributed by atoms with Crippen molar-refractivity contribution >= 4 is 11.6 Å². The second kappa shape index (κ2) is 5.80. The molecule has 3 heteroatoms. The third-order valence-electron chi connectivity index (χ3n) is 2.50. The average Bonchev–Trinajstić information content (AvgIpc) is 2.33. The van der Waals surface area contributed by atoms with E-state index in [0.29, 0.717) is 11.6 Å². The zero-order valence-electron chi connectivity index (χ0n) is 9.29. The molecule has 0 saturated carbocycles. The molecule has 2 aromatic carbocycles. The summed E-state index contributed by atoms with van der Waals surface area (Å²) in [5.41, 5.74) is 2.12. The summed E-state index contributed by atoms with van der Waals surface area (Å²) in [6.07, 6.45) is 0. The van der Waals surface area contributed by atoms with Crippen LogP contribution < -0.4 is 5.32 Å². The Balaban J connectivity index is 1.90. The first-order valence-corrected chi connectivity index (χ1v) is 5.82. The van der Waals surface area contributed by atoms with Gasteiger partial charge in [-0.2, -0.15) is 0 Å². The van der Waals surface area contributed by atoms with Gasteiger partial charge in [-0.1, -0.05) is 48.0 Å². The lowest BCUT2D eigenvalue weighted by Gasteiger charge is -2.06. The van der Waals surface area contributed by atoms with Crippen molar-refractivity contribution in [2.75, 3.05) is 0 Å². The number of benzene rings is 2. The van der Waals surface area contributed by atoms with Crippen molar-refractivity contribution in [2.24, 2.45) is 0 Å². The quantitative estimate of drug-likeness (QED) is 0.870. The van der Waals surface area contributed by atoms with Crippen LogP contribution in [0.2, 0.25) is 5.02 Å². The van der Waals surface area contributed by atoms with E-state index in [9.17, 15) is 4.39 Å². The average molecular weight is 250 g/mol. The molecular weight excluding hydrogens is 237 g/mol. The van der Waals surface area contributed by atoms with Crippen molar-refractivity contribution in [3.63, 3.8) is 0 Å². The molecule has 0 aromatic heterocycles. The molecule has 1 N–H and O–H groups in total. The van der Waals surface area contributed by atoms with Crippen LogP contribution >= 0.6 is 11.6 Å². The van der Waals surface area contributed by atoms with E-state index in [1.165, 1.54) is 17.7 Å². The topological polar surface area (TPSA) is 12.0 Å². The van der Waals surface area contributed by atoms with Crippen LogP contribution in [-0.2, 0) is 13.1 Å². The van der Waals surface area contributed by atoms with Crippen molar-refractivity contribution in [1.82, 2.24) is 5.32 Å². The van der Waals surface area contributed by atoms with Crippen LogP contribution in [0, 0.1) is 5.82 Å². The van der Waals surface area contributed by atoms with Crippen molar-refractivity contribution in [3.05, 3.63) is 70.5 Å². The summed E-state index contributed by atoms with van der Waals surface area (Å²) in [5.74, 6) is -0.304. The lowest BCUT2D eigenvalue weighted by molar-refractivity contribution is 0.625. The summed E-state index contributed by atoms with van der Waals surface area (Å²) < 4.78 is 12.8. The van der Waals surface area contributed by atoms with Gasteiger partial charge in [-0.15, -0.1) is 0 Å². The highest BCUT2D eigenvalue weighted by Gasteiger charge is 2.01. The second-order valence-corrected chi connectivity index (χ2v) is 4.23. The smallest absolute Gasteiger partial charge is 0.124 e. The zero-order valence-corrected chi connectivity index (χ0v) is 10.0. The third kappa shape index (κ3) is 3.55. The van der Waals surface area contributed by atoms with Crippen molar-refractivity contribution < 1.29 is 4.39 Å². The van der Waals surface area contributed by atoms with Crippen LogP contribution in [0.15, 0.2) is 48.5 Å². The molecule has 0 amide bonds. The standard InChI is InChI=1S/C14H13ClFN/c15-14-8-13(16)7-6-12(14)10-17-9-11-4-2-1-3-5-11/h1-8,17H,9-10H2. The monoisotopic (exact) mass is 249 g/mol. The van der Waals surface area contributed by atoms with Gasteiger partial charge in [0, 0.05) is 18.1 Å². The van der Waals surface area contributed by atoms with Crippen LogP contribution in [0.5, 0.6) is 0 Å². The molecule has 0 bridgehead atoms. The van der Waals surface area contributed by atoms with Gasteiger partial charge in [0.2, 0.25) is 0 Å². The van der Waals surface area contributed by atoms with Crippen molar-refractivity contribution in [1.29, 1.82) is 0 Å². The fraction of sp³-hybridized carbons (Fsp3) is 0.143. The molecule has 0 aliphatic carbocycles. The summed E-state index contributed by atoms with van der Waals surface area (Å²) in [7, 11) is 0. The minimum Gasteiger partial charge on any atom is -0.309 e. The maximum absolute atomic E-state index is 12.8. The van der Waals surface area contributed by atoms with Crippen molar-refractivity contribution in [2.45, 2.75) is 13.1 Å². The van der Waals surface area contributed by atoms with Gasteiger partial charge in [0.05, 0.1) is 0 Å². The summed E-state index contributed by atoms with van der Waals surface area (Å²) in [6, 6.07) is 14.6. The largest absolute Gasteiger partial charge is 0.309 e. The number of halogens is 2. The summed E-state index contributed by atoms with van der Waals surface area (Å²) in [4.78, 5) is 0. The highest BCUT2D eigenvalue weighted by atomic mass is 35.5. The van der Waals surface area contributed by atoms with E-state index in [1.54, 1.807) is 6.07 Å².